The molecular formula is C22H30FN3O2. The molecular weight excluding hydrogens is 357 g/mol. The summed E-state index contributed by atoms with van der Waals surface area (Å²) >= 11 is 0. The van der Waals surface area contributed by atoms with Crippen molar-refractivity contribution in [1.29, 1.82) is 0 Å². The van der Waals surface area contributed by atoms with Crippen LogP contribution in [0.4, 0.5) is 4.39 Å². The minimum Gasteiger partial charge on any atom is -0.462 e. The molecule has 1 aliphatic carbocycles. The summed E-state index contributed by atoms with van der Waals surface area (Å²) in [6.07, 6.45) is 4.32. The molecule has 0 spiro atoms. The summed E-state index contributed by atoms with van der Waals surface area (Å²) in [5.41, 5.74) is 0.935. The second kappa shape index (κ2) is 8.02. The fourth-order valence-electron chi connectivity index (χ4n) is 3.87. The van der Waals surface area contributed by atoms with Crippen molar-refractivity contribution in [1.82, 2.24) is 15.0 Å². The second-order valence-corrected chi connectivity index (χ2v) is 8.59. The Hall–Kier alpha value is -2.24. The van der Waals surface area contributed by atoms with Crippen molar-refractivity contribution in [2.45, 2.75) is 77.4 Å². The Balaban J connectivity index is 1.91. The van der Waals surface area contributed by atoms with Gasteiger partial charge in [-0.3, -0.25) is 0 Å². The number of nitrogens with zero attached hydrogens (tertiary/aromatic N) is 3. The van der Waals surface area contributed by atoms with E-state index in [1.165, 1.54) is 0 Å². The van der Waals surface area contributed by atoms with Crippen LogP contribution in [0.2, 0.25) is 0 Å². The van der Waals surface area contributed by atoms with Crippen LogP contribution >= 0.6 is 0 Å². The van der Waals surface area contributed by atoms with E-state index in [4.69, 9.17) is 4.74 Å². The van der Waals surface area contributed by atoms with E-state index >= 15 is 4.39 Å². The van der Waals surface area contributed by atoms with Gasteiger partial charge in [0.2, 0.25) is 0 Å². The van der Waals surface area contributed by atoms with E-state index in [0.29, 0.717) is 24.3 Å². The van der Waals surface area contributed by atoms with Crippen LogP contribution in [0.5, 0.6) is 0 Å². The Labute approximate surface area is 166 Å². The molecule has 1 aromatic heterocycles. The maximum Gasteiger partial charge on any atom is 0.338 e. The molecule has 0 saturated carbocycles. The molecule has 1 aromatic carbocycles. The monoisotopic (exact) mass is 387 g/mol. The van der Waals surface area contributed by atoms with Crippen LogP contribution in [0, 0.1) is 0 Å². The average Bonchev–Trinajstić information content (AvgIpc) is 3.05. The first kappa shape index (κ1) is 20.5. The Morgan fingerprint density at radius 1 is 1.21 bits per heavy atom. The van der Waals surface area contributed by atoms with Gasteiger partial charge in [-0.1, -0.05) is 23.8 Å². The average molecular weight is 387 g/mol. The number of alkyl halides is 1. The van der Waals surface area contributed by atoms with E-state index in [2.05, 4.69) is 31.1 Å². The van der Waals surface area contributed by atoms with Crippen molar-refractivity contribution < 1.29 is 13.9 Å². The van der Waals surface area contributed by atoms with E-state index in [-0.39, 0.29) is 17.9 Å². The third-order valence-corrected chi connectivity index (χ3v) is 5.26. The van der Waals surface area contributed by atoms with E-state index in [0.717, 1.165) is 36.9 Å². The van der Waals surface area contributed by atoms with Gasteiger partial charge >= 0.3 is 5.97 Å². The summed E-state index contributed by atoms with van der Waals surface area (Å²) in [6.45, 7) is 8.30. The van der Waals surface area contributed by atoms with Crippen LogP contribution in [0.25, 0.3) is 0 Å². The number of rotatable bonds is 4. The van der Waals surface area contributed by atoms with Crippen molar-refractivity contribution in [3.63, 3.8) is 0 Å². The number of aromatic nitrogens is 3. The Morgan fingerprint density at radius 3 is 2.57 bits per heavy atom. The zero-order chi connectivity index (χ0) is 20.4. The number of ether oxygens (including phenoxy) is 1. The molecule has 3 rings (SSSR count). The summed E-state index contributed by atoms with van der Waals surface area (Å²) in [7, 11) is 0. The first-order valence-electron chi connectivity index (χ1n) is 10.1. The molecule has 0 N–H and O–H groups in total. The lowest BCUT2D eigenvalue weighted by atomic mass is 9.84. The number of hydrogen-bond acceptors (Lipinski definition) is 4. The van der Waals surface area contributed by atoms with Crippen molar-refractivity contribution in [3.05, 3.63) is 46.8 Å². The molecule has 152 valence electrons. The maximum atomic E-state index is 16.3. The van der Waals surface area contributed by atoms with Gasteiger partial charge in [-0.2, -0.15) is 0 Å². The molecule has 0 fully saturated rings. The standard InChI is InChI=1S/C22H30FN3O2/c1-5-28-20(27)17-12-10-16(11-13-17)15-22(23)14-8-6-7-9-18-19(22)24-25-26(18)21(2,3)4/h10-13H,5-9,14-15H2,1-4H3. The summed E-state index contributed by atoms with van der Waals surface area (Å²) in [5.74, 6) is -0.356. The topological polar surface area (TPSA) is 57.0 Å². The number of esters is 1. The fraction of sp³-hybridized carbons (Fsp3) is 0.591. The molecule has 5 nitrogen and oxygen atoms in total. The molecule has 0 amide bonds. The molecule has 0 radical (unpaired) electrons. The van der Waals surface area contributed by atoms with Gasteiger partial charge in [0.25, 0.3) is 0 Å². The molecule has 1 aliphatic rings. The number of benzene rings is 1. The maximum absolute atomic E-state index is 16.3. The van der Waals surface area contributed by atoms with Crippen LogP contribution in [-0.2, 0) is 28.8 Å². The molecule has 0 bridgehead atoms. The molecule has 1 heterocycles. The predicted octanol–water partition coefficient (Wildman–Crippen LogP) is 4.73. The zero-order valence-corrected chi connectivity index (χ0v) is 17.3. The van der Waals surface area contributed by atoms with Gasteiger partial charge in [0.15, 0.2) is 5.67 Å². The SMILES string of the molecule is CCOC(=O)c1ccc(CC2(F)CCCCCc3c2nnn3C(C)(C)C)cc1. The first-order chi connectivity index (χ1) is 13.2. The summed E-state index contributed by atoms with van der Waals surface area (Å²) in [5, 5.41) is 8.62. The van der Waals surface area contributed by atoms with Crippen molar-refractivity contribution in [2.75, 3.05) is 6.61 Å². The van der Waals surface area contributed by atoms with Gasteiger partial charge in [-0.05, 0) is 71.1 Å². The number of carbonyl (C=O) groups is 1. The third-order valence-electron chi connectivity index (χ3n) is 5.26. The largest absolute Gasteiger partial charge is 0.462 e. The highest BCUT2D eigenvalue weighted by molar-refractivity contribution is 5.89. The zero-order valence-electron chi connectivity index (χ0n) is 17.3. The number of hydrogen-bond donors (Lipinski definition) is 0. The van der Waals surface area contributed by atoms with Gasteiger partial charge < -0.3 is 4.74 Å². The van der Waals surface area contributed by atoms with Gasteiger partial charge in [0.05, 0.1) is 23.4 Å². The normalized spacial score (nSPS) is 20.2. The Morgan fingerprint density at radius 2 is 1.93 bits per heavy atom. The highest BCUT2D eigenvalue weighted by atomic mass is 19.1. The highest BCUT2D eigenvalue weighted by Gasteiger charge is 2.40. The minimum atomic E-state index is -1.55. The number of fused-ring (bicyclic) bond motifs is 1. The lowest BCUT2D eigenvalue weighted by Gasteiger charge is -2.28. The summed E-state index contributed by atoms with van der Waals surface area (Å²) in [4.78, 5) is 11.8. The molecule has 0 aliphatic heterocycles. The second-order valence-electron chi connectivity index (χ2n) is 8.59. The van der Waals surface area contributed by atoms with Crippen molar-refractivity contribution >= 4 is 5.97 Å². The fourth-order valence-corrected chi connectivity index (χ4v) is 3.87. The number of carbonyl (C=O) groups excluding carboxylic acids is 1. The van der Waals surface area contributed by atoms with Crippen molar-refractivity contribution in [2.24, 2.45) is 0 Å². The smallest absolute Gasteiger partial charge is 0.338 e. The van der Waals surface area contributed by atoms with Crippen LogP contribution in [0.3, 0.4) is 0 Å². The third kappa shape index (κ3) is 4.26. The molecule has 1 unspecified atom stereocenters. The molecule has 0 saturated heterocycles. The molecule has 2 aromatic rings. The predicted molar refractivity (Wildman–Crippen MR) is 106 cm³/mol. The molecule has 6 heteroatoms. The van der Waals surface area contributed by atoms with Gasteiger partial charge in [0.1, 0.15) is 5.69 Å². The quantitative estimate of drug-likeness (QED) is 0.712. The minimum absolute atomic E-state index is 0.228. The summed E-state index contributed by atoms with van der Waals surface area (Å²) in [6, 6.07) is 7.01. The van der Waals surface area contributed by atoms with Crippen molar-refractivity contribution in [3.8, 4) is 0 Å². The lowest BCUT2D eigenvalue weighted by molar-refractivity contribution is 0.0526. The van der Waals surface area contributed by atoms with E-state index in [1.807, 2.05) is 4.68 Å². The van der Waals surface area contributed by atoms with Crippen LogP contribution in [-0.4, -0.2) is 27.6 Å². The van der Waals surface area contributed by atoms with E-state index in [1.54, 1.807) is 31.2 Å². The van der Waals surface area contributed by atoms with Gasteiger partial charge in [-0.25, -0.2) is 13.9 Å². The van der Waals surface area contributed by atoms with Gasteiger partial charge in [0, 0.05) is 6.42 Å². The molecule has 1 atom stereocenters. The Bertz CT molecular complexity index is 823. The Kier molecular flexibility index (Phi) is 5.87. The van der Waals surface area contributed by atoms with Crippen LogP contribution in [0.1, 0.15) is 80.7 Å². The lowest BCUT2D eigenvalue weighted by Crippen LogP contribution is -2.30. The van der Waals surface area contributed by atoms with Crippen LogP contribution < -0.4 is 0 Å². The summed E-state index contributed by atoms with van der Waals surface area (Å²) < 4.78 is 23.2. The van der Waals surface area contributed by atoms with Gasteiger partial charge in [-0.15, -0.1) is 5.10 Å². The first-order valence-corrected chi connectivity index (χ1v) is 10.1. The van der Waals surface area contributed by atoms with E-state index < -0.39 is 5.67 Å². The highest BCUT2D eigenvalue weighted by Crippen LogP contribution is 2.39. The van der Waals surface area contributed by atoms with E-state index in [9.17, 15) is 4.79 Å². The molecule has 28 heavy (non-hydrogen) atoms. The number of halogens is 1. The van der Waals surface area contributed by atoms with Crippen LogP contribution in [0.15, 0.2) is 24.3 Å².